The molecule has 1 aromatic heterocycles. The molecule has 0 aliphatic heterocycles. The fraction of sp³-hybridized carbons (Fsp3) is 0.188. The van der Waals surface area contributed by atoms with Crippen molar-refractivity contribution in [3.63, 3.8) is 0 Å². The highest BCUT2D eigenvalue weighted by molar-refractivity contribution is 9.10. The Labute approximate surface area is 136 Å². The van der Waals surface area contributed by atoms with Gasteiger partial charge < -0.3 is 10.1 Å². The van der Waals surface area contributed by atoms with Gasteiger partial charge in [-0.05, 0) is 23.8 Å². The molecule has 0 aliphatic rings. The Morgan fingerprint density at radius 2 is 2.05 bits per heavy atom. The molecule has 0 aliphatic carbocycles. The molecule has 0 saturated carbocycles. The van der Waals surface area contributed by atoms with Gasteiger partial charge in [-0.2, -0.15) is 0 Å². The second-order valence-electron chi connectivity index (χ2n) is 4.59. The summed E-state index contributed by atoms with van der Waals surface area (Å²) in [7, 11) is 1.30. The molecule has 1 heterocycles. The number of nitrogens with one attached hydrogen (secondary N) is 1. The average Bonchev–Trinajstić information content (AvgIpc) is 2.56. The van der Waals surface area contributed by atoms with Crippen LogP contribution in [0.4, 0.5) is 0 Å². The summed E-state index contributed by atoms with van der Waals surface area (Å²) in [6.45, 7) is 0. The first-order valence-electron chi connectivity index (χ1n) is 6.64. The lowest BCUT2D eigenvalue weighted by atomic mass is 10.1. The van der Waals surface area contributed by atoms with E-state index in [1.807, 2.05) is 24.3 Å². The number of hydrogen-bond donors (Lipinski definition) is 1. The van der Waals surface area contributed by atoms with Gasteiger partial charge >= 0.3 is 5.97 Å². The third kappa shape index (κ3) is 4.14. The number of carbonyl (C=O) groups is 2. The van der Waals surface area contributed by atoms with Crippen molar-refractivity contribution < 1.29 is 14.3 Å². The zero-order valence-corrected chi connectivity index (χ0v) is 13.5. The highest BCUT2D eigenvalue weighted by Crippen LogP contribution is 2.18. The number of amides is 1. The Kier molecular flexibility index (Phi) is 5.66. The van der Waals surface area contributed by atoms with Crippen LogP contribution < -0.4 is 5.32 Å². The average molecular weight is 363 g/mol. The van der Waals surface area contributed by atoms with Crippen LogP contribution in [0, 0.1) is 0 Å². The SMILES string of the molecule is COC(=O)[C@@H](Cc1ccccc1Br)NC(=O)c1cccnc1. The van der Waals surface area contributed by atoms with Crippen LogP contribution in [-0.4, -0.2) is 30.0 Å². The van der Waals surface area contributed by atoms with E-state index in [1.54, 1.807) is 18.3 Å². The second-order valence-corrected chi connectivity index (χ2v) is 5.44. The number of rotatable bonds is 5. The highest BCUT2D eigenvalue weighted by Gasteiger charge is 2.23. The van der Waals surface area contributed by atoms with Gasteiger partial charge in [0.15, 0.2) is 0 Å². The number of nitrogens with zero attached hydrogens (tertiary/aromatic N) is 1. The van der Waals surface area contributed by atoms with Crippen molar-refractivity contribution in [2.75, 3.05) is 7.11 Å². The monoisotopic (exact) mass is 362 g/mol. The van der Waals surface area contributed by atoms with E-state index in [2.05, 4.69) is 26.2 Å². The molecule has 0 unspecified atom stereocenters. The van der Waals surface area contributed by atoms with Gasteiger partial charge in [0.05, 0.1) is 12.7 Å². The van der Waals surface area contributed by atoms with Gasteiger partial charge in [0.25, 0.3) is 5.91 Å². The largest absolute Gasteiger partial charge is 0.467 e. The lowest BCUT2D eigenvalue weighted by molar-refractivity contribution is -0.142. The van der Waals surface area contributed by atoms with Crippen molar-refractivity contribution in [2.45, 2.75) is 12.5 Å². The van der Waals surface area contributed by atoms with Crippen LogP contribution in [0.5, 0.6) is 0 Å². The number of methoxy groups -OCH3 is 1. The summed E-state index contributed by atoms with van der Waals surface area (Å²) in [4.78, 5) is 28.0. The van der Waals surface area contributed by atoms with Crippen molar-refractivity contribution >= 4 is 27.8 Å². The quantitative estimate of drug-likeness (QED) is 0.829. The summed E-state index contributed by atoms with van der Waals surface area (Å²) in [5.74, 6) is -0.858. The summed E-state index contributed by atoms with van der Waals surface area (Å²) >= 11 is 3.43. The molecule has 22 heavy (non-hydrogen) atoms. The number of aromatic nitrogens is 1. The van der Waals surface area contributed by atoms with Gasteiger partial charge in [0.2, 0.25) is 0 Å². The van der Waals surface area contributed by atoms with E-state index >= 15 is 0 Å². The van der Waals surface area contributed by atoms with Crippen molar-refractivity contribution in [3.05, 3.63) is 64.4 Å². The molecule has 0 radical (unpaired) electrons. The van der Waals surface area contributed by atoms with Crippen LogP contribution in [-0.2, 0) is 16.0 Å². The smallest absolute Gasteiger partial charge is 0.328 e. The standard InChI is InChI=1S/C16H15BrN2O3/c1-22-16(21)14(9-11-5-2-3-7-13(11)17)19-15(20)12-6-4-8-18-10-12/h2-8,10,14H,9H2,1H3,(H,19,20)/t14-/m1/s1. The maximum atomic E-state index is 12.2. The molecule has 6 heteroatoms. The minimum Gasteiger partial charge on any atom is -0.467 e. The Morgan fingerprint density at radius 3 is 2.68 bits per heavy atom. The van der Waals surface area contributed by atoms with Crippen molar-refractivity contribution in [1.82, 2.24) is 10.3 Å². The maximum absolute atomic E-state index is 12.2. The first-order chi connectivity index (χ1) is 10.6. The molecule has 114 valence electrons. The zero-order chi connectivity index (χ0) is 15.9. The minimum absolute atomic E-state index is 0.333. The number of halogens is 1. The lowest BCUT2D eigenvalue weighted by Gasteiger charge is -2.17. The normalized spacial score (nSPS) is 11.5. The van der Waals surface area contributed by atoms with Crippen molar-refractivity contribution in [2.24, 2.45) is 0 Å². The molecule has 0 bridgehead atoms. The molecule has 0 saturated heterocycles. The zero-order valence-electron chi connectivity index (χ0n) is 12.0. The predicted molar refractivity (Wildman–Crippen MR) is 85.4 cm³/mol. The van der Waals surface area contributed by atoms with E-state index in [0.29, 0.717) is 12.0 Å². The Morgan fingerprint density at radius 1 is 1.27 bits per heavy atom. The van der Waals surface area contributed by atoms with E-state index in [1.165, 1.54) is 13.3 Å². The van der Waals surface area contributed by atoms with E-state index in [9.17, 15) is 9.59 Å². The summed E-state index contributed by atoms with van der Waals surface area (Å²) in [5, 5.41) is 2.69. The van der Waals surface area contributed by atoms with E-state index in [-0.39, 0.29) is 5.91 Å². The van der Waals surface area contributed by atoms with Crippen LogP contribution in [0.2, 0.25) is 0 Å². The third-order valence-corrected chi connectivity index (χ3v) is 3.87. The Balaban J connectivity index is 2.15. The topological polar surface area (TPSA) is 68.3 Å². The molecule has 1 aromatic carbocycles. The van der Waals surface area contributed by atoms with E-state index in [0.717, 1.165) is 10.0 Å². The minimum atomic E-state index is -0.767. The number of esters is 1. The predicted octanol–water partition coefficient (Wildman–Crippen LogP) is 2.36. The van der Waals surface area contributed by atoms with Gasteiger partial charge in [-0.25, -0.2) is 4.79 Å². The molecule has 2 aromatic rings. The molecule has 1 atom stereocenters. The second kappa shape index (κ2) is 7.70. The van der Waals surface area contributed by atoms with Gasteiger partial charge in [-0.15, -0.1) is 0 Å². The van der Waals surface area contributed by atoms with Gasteiger partial charge in [0, 0.05) is 23.3 Å². The lowest BCUT2D eigenvalue weighted by Crippen LogP contribution is -2.43. The summed E-state index contributed by atoms with van der Waals surface area (Å²) in [6.07, 6.45) is 3.36. The number of carbonyl (C=O) groups excluding carboxylic acids is 2. The first-order valence-corrected chi connectivity index (χ1v) is 7.43. The highest BCUT2D eigenvalue weighted by atomic mass is 79.9. The van der Waals surface area contributed by atoms with Crippen LogP contribution in [0.25, 0.3) is 0 Å². The number of ether oxygens (including phenoxy) is 1. The molecule has 1 N–H and O–H groups in total. The van der Waals surface area contributed by atoms with Crippen LogP contribution in [0.3, 0.4) is 0 Å². The number of benzene rings is 1. The molecule has 2 rings (SSSR count). The number of hydrogen-bond acceptors (Lipinski definition) is 4. The van der Waals surface area contributed by atoms with E-state index < -0.39 is 12.0 Å². The van der Waals surface area contributed by atoms with Crippen LogP contribution in [0.1, 0.15) is 15.9 Å². The van der Waals surface area contributed by atoms with Gasteiger partial charge in [-0.3, -0.25) is 9.78 Å². The Bertz CT molecular complexity index is 661. The molecular weight excluding hydrogens is 348 g/mol. The maximum Gasteiger partial charge on any atom is 0.328 e. The summed E-state index contributed by atoms with van der Waals surface area (Å²) in [5.41, 5.74) is 1.30. The Hall–Kier alpha value is -2.21. The van der Waals surface area contributed by atoms with E-state index in [4.69, 9.17) is 4.74 Å². The molecule has 0 fully saturated rings. The van der Waals surface area contributed by atoms with Crippen molar-refractivity contribution in [3.8, 4) is 0 Å². The molecule has 1 amide bonds. The van der Waals surface area contributed by atoms with Gasteiger partial charge in [-0.1, -0.05) is 34.1 Å². The third-order valence-electron chi connectivity index (χ3n) is 3.10. The van der Waals surface area contributed by atoms with Gasteiger partial charge in [0.1, 0.15) is 6.04 Å². The summed E-state index contributed by atoms with van der Waals surface area (Å²) in [6, 6.07) is 10.1. The molecule has 5 nitrogen and oxygen atoms in total. The molecular formula is C16H15BrN2O3. The number of pyridine rings is 1. The van der Waals surface area contributed by atoms with Crippen LogP contribution in [0.15, 0.2) is 53.3 Å². The first kappa shape index (κ1) is 16.2. The molecule has 0 spiro atoms. The fourth-order valence-corrected chi connectivity index (χ4v) is 2.40. The van der Waals surface area contributed by atoms with Crippen molar-refractivity contribution in [1.29, 1.82) is 0 Å². The van der Waals surface area contributed by atoms with Crippen LogP contribution >= 0.6 is 15.9 Å². The summed E-state index contributed by atoms with van der Waals surface area (Å²) < 4.78 is 5.65. The fourth-order valence-electron chi connectivity index (χ4n) is 1.96.